The van der Waals surface area contributed by atoms with Crippen molar-refractivity contribution < 1.29 is 19.3 Å². The van der Waals surface area contributed by atoms with Gasteiger partial charge in [0.05, 0.1) is 9.83 Å². The molecule has 8 nitrogen and oxygen atoms in total. The van der Waals surface area contributed by atoms with Gasteiger partial charge in [-0.1, -0.05) is 0 Å². The number of benzene rings is 1. The van der Waals surface area contributed by atoms with E-state index in [1.54, 1.807) is 4.90 Å². The molecule has 1 aromatic rings. The van der Waals surface area contributed by atoms with Crippen LogP contribution in [0.5, 0.6) is 0 Å². The Morgan fingerprint density at radius 3 is 2.42 bits per heavy atom. The summed E-state index contributed by atoms with van der Waals surface area (Å²) in [7, 11) is 0. The second-order valence-electron chi connectivity index (χ2n) is 6.06. The zero-order valence-electron chi connectivity index (χ0n) is 13.9. The van der Waals surface area contributed by atoms with Crippen molar-refractivity contribution in [2.24, 2.45) is 0 Å². The van der Waals surface area contributed by atoms with E-state index in [0.29, 0.717) is 18.7 Å². The van der Waals surface area contributed by atoms with E-state index in [-0.39, 0.29) is 23.0 Å². The number of piperidine rings is 1. The summed E-state index contributed by atoms with van der Waals surface area (Å²) in [6.07, 6.45) is 4.46. The van der Waals surface area contributed by atoms with Crippen LogP contribution < -0.4 is 0 Å². The Labute approximate surface area is 154 Å². The standard InChI is InChI=1S/C17H17N3O5S/c21-15(18-8-2-1-3-9-18)11-19-16(22)14(26-17(19)23)10-12-4-6-13(7-5-12)20(24)25/h4-7,10H,1-3,8-9,11H2/b14-10-. The monoisotopic (exact) mass is 375 g/mol. The predicted octanol–water partition coefficient (Wildman–Crippen LogP) is 2.64. The van der Waals surface area contributed by atoms with Crippen LogP contribution >= 0.6 is 11.8 Å². The third-order valence-electron chi connectivity index (χ3n) is 4.28. The molecule has 26 heavy (non-hydrogen) atoms. The molecule has 0 radical (unpaired) electrons. The fourth-order valence-electron chi connectivity index (χ4n) is 2.86. The second kappa shape index (κ2) is 7.69. The minimum Gasteiger partial charge on any atom is -0.341 e. The fraction of sp³-hybridized carbons (Fsp3) is 0.353. The third kappa shape index (κ3) is 3.93. The van der Waals surface area contributed by atoms with Gasteiger partial charge in [0.1, 0.15) is 6.54 Å². The summed E-state index contributed by atoms with van der Waals surface area (Å²) in [6.45, 7) is 1.07. The summed E-state index contributed by atoms with van der Waals surface area (Å²) in [5.41, 5.74) is 0.519. The van der Waals surface area contributed by atoms with Crippen LogP contribution in [0.25, 0.3) is 6.08 Å². The van der Waals surface area contributed by atoms with Crippen LogP contribution in [0, 0.1) is 10.1 Å². The van der Waals surface area contributed by atoms with Gasteiger partial charge in [0.15, 0.2) is 0 Å². The van der Waals surface area contributed by atoms with Gasteiger partial charge in [-0.2, -0.15) is 0 Å². The Morgan fingerprint density at radius 2 is 1.81 bits per heavy atom. The number of carbonyl (C=O) groups is 3. The molecule has 0 N–H and O–H groups in total. The van der Waals surface area contributed by atoms with Crippen LogP contribution in [0.15, 0.2) is 29.2 Å². The molecule has 0 unspecified atom stereocenters. The molecule has 2 heterocycles. The number of hydrogen-bond donors (Lipinski definition) is 0. The molecule has 9 heteroatoms. The number of nitro groups is 1. The number of carbonyl (C=O) groups excluding carboxylic acids is 3. The Hall–Kier alpha value is -2.68. The summed E-state index contributed by atoms with van der Waals surface area (Å²) in [5, 5.41) is 10.2. The highest BCUT2D eigenvalue weighted by Gasteiger charge is 2.37. The van der Waals surface area contributed by atoms with Crippen molar-refractivity contribution >= 4 is 40.6 Å². The van der Waals surface area contributed by atoms with Crippen LogP contribution in [0.2, 0.25) is 0 Å². The van der Waals surface area contributed by atoms with Gasteiger partial charge in [0, 0.05) is 25.2 Å². The minimum absolute atomic E-state index is 0.0533. The average molecular weight is 375 g/mol. The van der Waals surface area contributed by atoms with Crippen molar-refractivity contribution in [3.8, 4) is 0 Å². The van der Waals surface area contributed by atoms with Crippen molar-refractivity contribution in [3.63, 3.8) is 0 Å². The molecule has 136 valence electrons. The number of amides is 3. The predicted molar refractivity (Wildman–Crippen MR) is 96.2 cm³/mol. The molecule has 2 aliphatic rings. The molecule has 0 saturated carbocycles. The van der Waals surface area contributed by atoms with Gasteiger partial charge in [-0.3, -0.25) is 29.4 Å². The van der Waals surface area contributed by atoms with Gasteiger partial charge >= 0.3 is 0 Å². The zero-order valence-corrected chi connectivity index (χ0v) is 14.7. The Morgan fingerprint density at radius 1 is 1.15 bits per heavy atom. The number of likely N-dealkylation sites (tertiary alicyclic amines) is 1. The van der Waals surface area contributed by atoms with Crippen molar-refractivity contribution in [2.45, 2.75) is 19.3 Å². The van der Waals surface area contributed by atoms with E-state index >= 15 is 0 Å². The number of hydrogen-bond acceptors (Lipinski definition) is 6. The maximum absolute atomic E-state index is 12.5. The Kier molecular flexibility index (Phi) is 5.36. The molecule has 0 atom stereocenters. The number of nitro benzene ring substituents is 1. The number of thioether (sulfide) groups is 1. The van der Waals surface area contributed by atoms with E-state index in [9.17, 15) is 24.5 Å². The van der Waals surface area contributed by atoms with E-state index in [0.717, 1.165) is 35.9 Å². The van der Waals surface area contributed by atoms with Gasteiger partial charge in [-0.15, -0.1) is 0 Å². The van der Waals surface area contributed by atoms with Gasteiger partial charge in [-0.05, 0) is 54.8 Å². The van der Waals surface area contributed by atoms with Gasteiger partial charge < -0.3 is 4.90 Å². The minimum atomic E-state index is -0.510. The summed E-state index contributed by atoms with van der Waals surface area (Å²) < 4.78 is 0. The summed E-state index contributed by atoms with van der Waals surface area (Å²) in [6, 6.07) is 5.67. The highest BCUT2D eigenvalue weighted by atomic mass is 32.2. The van der Waals surface area contributed by atoms with Crippen molar-refractivity contribution in [2.75, 3.05) is 19.6 Å². The molecule has 3 amide bonds. The number of nitrogens with zero attached hydrogens (tertiary/aromatic N) is 3. The number of non-ortho nitro benzene ring substituents is 1. The zero-order chi connectivity index (χ0) is 18.7. The van der Waals surface area contributed by atoms with Gasteiger partial charge in [0.25, 0.3) is 16.8 Å². The third-order valence-corrected chi connectivity index (χ3v) is 5.18. The van der Waals surface area contributed by atoms with Crippen molar-refractivity contribution in [1.82, 2.24) is 9.80 Å². The van der Waals surface area contributed by atoms with Crippen molar-refractivity contribution in [1.29, 1.82) is 0 Å². The van der Waals surface area contributed by atoms with E-state index in [4.69, 9.17) is 0 Å². The maximum atomic E-state index is 12.5. The number of rotatable bonds is 4. The summed E-state index contributed by atoms with van der Waals surface area (Å²) >= 11 is 0.770. The Bertz CT molecular complexity index is 784. The van der Waals surface area contributed by atoms with E-state index in [1.165, 1.54) is 30.3 Å². The lowest BCUT2D eigenvalue weighted by molar-refractivity contribution is -0.384. The lowest BCUT2D eigenvalue weighted by Gasteiger charge is -2.27. The molecule has 3 rings (SSSR count). The first kappa shape index (κ1) is 18.1. The van der Waals surface area contributed by atoms with E-state index < -0.39 is 16.1 Å². The van der Waals surface area contributed by atoms with Crippen LogP contribution in [0.4, 0.5) is 10.5 Å². The maximum Gasteiger partial charge on any atom is 0.294 e. The number of imide groups is 1. The Balaban J connectivity index is 1.69. The van der Waals surface area contributed by atoms with Gasteiger partial charge in [0.2, 0.25) is 5.91 Å². The normalized spacial score (nSPS) is 19.3. The molecule has 0 aromatic heterocycles. The lowest BCUT2D eigenvalue weighted by Crippen LogP contribution is -2.44. The van der Waals surface area contributed by atoms with E-state index in [1.807, 2.05) is 0 Å². The topological polar surface area (TPSA) is 101 Å². The van der Waals surface area contributed by atoms with Crippen LogP contribution in [-0.2, 0) is 9.59 Å². The molecule has 2 fully saturated rings. The molecule has 0 bridgehead atoms. The molecule has 0 aliphatic carbocycles. The molecule has 2 aliphatic heterocycles. The van der Waals surface area contributed by atoms with Gasteiger partial charge in [-0.25, -0.2) is 0 Å². The largest absolute Gasteiger partial charge is 0.341 e. The van der Waals surface area contributed by atoms with Crippen LogP contribution in [0.1, 0.15) is 24.8 Å². The quantitative estimate of drug-likeness (QED) is 0.455. The average Bonchev–Trinajstić information content (AvgIpc) is 2.90. The highest BCUT2D eigenvalue weighted by molar-refractivity contribution is 8.18. The fourth-order valence-corrected chi connectivity index (χ4v) is 3.70. The molecule has 0 spiro atoms. The van der Waals surface area contributed by atoms with Crippen molar-refractivity contribution in [3.05, 3.63) is 44.8 Å². The van der Waals surface area contributed by atoms with Crippen LogP contribution in [0.3, 0.4) is 0 Å². The second-order valence-corrected chi connectivity index (χ2v) is 7.05. The highest BCUT2D eigenvalue weighted by Crippen LogP contribution is 2.32. The SMILES string of the molecule is O=C(CN1C(=O)S/C(=C\c2ccc([N+](=O)[O-])cc2)C1=O)N1CCCCC1. The first-order chi connectivity index (χ1) is 12.5. The molecule has 1 aromatic carbocycles. The summed E-state index contributed by atoms with van der Waals surface area (Å²) in [5.74, 6) is -0.729. The first-order valence-corrected chi connectivity index (χ1v) is 9.05. The molecular formula is C17H17N3O5S. The first-order valence-electron chi connectivity index (χ1n) is 8.23. The van der Waals surface area contributed by atoms with Crippen LogP contribution in [-0.4, -0.2) is 51.4 Å². The lowest BCUT2D eigenvalue weighted by atomic mass is 10.1. The molecule has 2 saturated heterocycles. The smallest absolute Gasteiger partial charge is 0.294 e. The van der Waals surface area contributed by atoms with E-state index in [2.05, 4.69) is 0 Å². The summed E-state index contributed by atoms with van der Waals surface area (Å²) in [4.78, 5) is 49.9. The molecular weight excluding hydrogens is 358 g/mol.